The fourth-order valence-electron chi connectivity index (χ4n) is 2.50. The number of ether oxygens (including phenoxy) is 1. The molecule has 0 unspecified atom stereocenters. The summed E-state index contributed by atoms with van der Waals surface area (Å²) < 4.78 is 5.14. The third-order valence-electron chi connectivity index (χ3n) is 4.03. The predicted octanol–water partition coefficient (Wildman–Crippen LogP) is 3.99. The number of benzene rings is 2. The number of anilines is 1. The monoisotopic (exact) mass is 384 g/mol. The van der Waals surface area contributed by atoms with Crippen LogP contribution in [0.1, 0.15) is 23.1 Å². The van der Waals surface area contributed by atoms with Crippen LogP contribution in [0.5, 0.6) is 0 Å². The molecule has 5 nitrogen and oxygen atoms in total. The zero-order chi connectivity index (χ0) is 19.8. The number of hydrogen-bond donors (Lipinski definition) is 0. The fraction of sp³-hybridized carbons (Fsp3) is 0.286. The van der Waals surface area contributed by atoms with E-state index >= 15 is 0 Å². The molecule has 0 saturated carbocycles. The van der Waals surface area contributed by atoms with Crippen molar-refractivity contribution in [2.75, 3.05) is 18.1 Å². The Morgan fingerprint density at radius 3 is 2.48 bits per heavy atom. The molecule has 0 aromatic heterocycles. The highest BCUT2D eigenvalue weighted by Gasteiger charge is 2.18. The van der Waals surface area contributed by atoms with E-state index in [1.54, 1.807) is 18.2 Å². The van der Waals surface area contributed by atoms with Gasteiger partial charge in [-0.2, -0.15) is 5.26 Å². The lowest BCUT2D eigenvalue weighted by Crippen LogP contribution is -2.35. The largest absolute Gasteiger partial charge is 0.455 e. The van der Waals surface area contributed by atoms with E-state index in [1.807, 2.05) is 44.2 Å². The van der Waals surface area contributed by atoms with Crippen LogP contribution in [-0.4, -0.2) is 25.0 Å². The second-order valence-corrected chi connectivity index (χ2v) is 6.62. The van der Waals surface area contributed by atoms with E-state index in [0.717, 1.165) is 16.7 Å². The molecule has 0 fully saturated rings. The van der Waals surface area contributed by atoms with Gasteiger partial charge in [-0.15, -0.1) is 0 Å². The van der Waals surface area contributed by atoms with E-state index in [1.165, 1.54) is 4.90 Å². The molecular weight excluding hydrogens is 364 g/mol. The maximum Gasteiger partial charge on any atom is 0.310 e. The second kappa shape index (κ2) is 9.75. The number of carbonyl (C=O) groups is 2. The van der Waals surface area contributed by atoms with Crippen molar-refractivity contribution in [2.45, 2.75) is 26.7 Å². The third-order valence-corrected chi connectivity index (χ3v) is 4.45. The molecule has 0 aliphatic rings. The summed E-state index contributed by atoms with van der Waals surface area (Å²) in [6.45, 7) is 3.64. The minimum absolute atomic E-state index is 0.103. The van der Waals surface area contributed by atoms with E-state index in [0.29, 0.717) is 10.7 Å². The van der Waals surface area contributed by atoms with E-state index in [9.17, 15) is 9.59 Å². The highest BCUT2D eigenvalue weighted by Crippen LogP contribution is 2.23. The molecule has 2 aromatic rings. The quantitative estimate of drug-likeness (QED) is 0.677. The Bertz CT molecular complexity index is 857. The van der Waals surface area contributed by atoms with Gasteiger partial charge in [-0.1, -0.05) is 41.4 Å². The molecule has 0 bridgehead atoms. The molecule has 6 heteroatoms. The van der Waals surface area contributed by atoms with Crippen LogP contribution >= 0.6 is 11.6 Å². The SMILES string of the molecule is Cc1ccc(CC(=O)OCC(=O)N(CCC#N)c2ccc(Cl)c(C)c2)cc1. The molecule has 0 heterocycles. The first-order valence-electron chi connectivity index (χ1n) is 8.55. The van der Waals surface area contributed by atoms with Gasteiger partial charge in [0.1, 0.15) is 0 Å². The minimum Gasteiger partial charge on any atom is -0.455 e. The number of amides is 1. The van der Waals surface area contributed by atoms with Gasteiger partial charge in [0.25, 0.3) is 5.91 Å². The van der Waals surface area contributed by atoms with Crippen LogP contribution in [0.4, 0.5) is 5.69 Å². The molecule has 2 rings (SSSR count). The lowest BCUT2D eigenvalue weighted by atomic mass is 10.1. The summed E-state index contributed by atoms with van der Waals surface area (Å²) in [5, 5.41) is 9.44. The van der Waals surface area contributed by atoms with Crippen LogP contribution in [0.2, 0.25) is 5.02 Å². The van der Waals surface area contributed by atoms with Gasteiger partial charge >= 0.3 is 5.97 Å². The van der Waals surface area contributed by atoms with Crippen LogP contribution in [0.15, 0.2) is 42.5 Å². The summed E-state index contributed by atoms with van der Waals surface area (Å²) in [7, 11) is 0. The molecule has 2 aromatic carbocycles. The van der Waals surface area contributed by atoms with Gasteiger partial charge in [-0.3, -0.25) is 9.59 Å². The van der Waals surface area contributed by atoms with Gasteiger partial charge < -0.3 is 9.64 Å². The summed E-state index contributed by atoms with van der Waals surface area (Å²) in [5.41, 5.74) is 3.37. The van der Waals surface area contributed by atoms with E-state index < -0.39 is 5.97 Å². The van der Waals surface area contributed by atoms with Crippen LogP contribution in [0, 0.1) is 25.2 Å². The number of nitrogens with zero attached hydrogens (tertiary/aromatic N) is 2. The van der Waals surface area contributed by atoms with Crippen molar-refractivity contribution in [3.05, 3.63) is 64.2 Å². The van der Waals surface area contributed by atoms with Crippen molar-refractivity contribution < 1.29 is 14.3 Å². The Labute approximate surface area is 164 Å². The molecule has 0 aliphatic heterocycles. The van der Waals surface area contributed by atoms with Gasteiger partial charge in [-0.25, -0.2) is 0 Å². The van der Waals surface area contributed by atoms with Crippen LogP contribution in [0.3, 0.4) is 0 Å². The van der Waals surface area contributed by atoms with E-state index in [-0.39, 0.29) is 31.9 Å². The average Bonchev–Trinajstić information content (AvgIpc) is 2.65. The van der Waals surface area contributed by atoms with Crippen molar-refractivity contribution in [3.63, 3.8) is 0 Å². The number of rotatable bonds is 7. The summed E-state index contributed by atoms with van der Waals surface area (Å²) in [4.78, 5) is 26.0. The van der Waals surface area contributed by atoms with Crippen LogP contribution < -0.4 is 4.90 Å². The lowest BCUT2D eigenvalue weighted by Gasteiger charge is -2.22. The first kappa shape index (κ1) is 20.5. The highest BCUT2D eigenvalue weighted by atomic mass is 35.5. The molecule has 1 amide bonds. The van der Waals surface area contributed by atoms with Crippen molar-refractivity contribution in [1.29, 1.82) is 5.26 Å². The molecule has 0 N–H and O–H groups in total. The smallest absolute Gasteiger partial charge is 0.310 e. The maximum absolute atomic E-state index is 12.6. The topological polar surface area (TPSA) is 70.4 Å². The number of aryl methyl sites for hydroxylation is 2. The Hall–Kier alpha value is -2.84. The van der Waals surface area contributed by atoms with Crippen molar-refractivity contribution in [3.8, 4) is 6.07 Å². The number of carbonyl (C=O) groups excluding carboxylic acids is 2. The molecule has 0 atom stereocenters. The maximum atomic E-state index is 12.6. The minimum atomic E-state index is -0.472. The molecule has 140 valence electrons. The van der Waals surface area contributed by atoms with E-state index in [4.69, 9.17) is 21.6 Å². The number of esters is 1. The molecule has 27 heavy (non-hydrogen) atoms. The number of hydrogen-bond acceptors (Lipinski definition) is 4. The molecule has 0 saturated heterocycles. The van der Waals surface area contributed by atoms with Crippen molar-refractivity contribution in [1.82, 2.24) is 0 Å². The summed E-state index contributed by atoms with van der Waals surface area (Å²) in [6, 6.07) is 14.7. The fourth-order valence-corrected chi connectivity index (χ4v) is 2.62. The molecule has 0 spiro atoms. The summed E-state index contributed by atoms with van der Waals surface area (Å²) >= 11 is 6.03. The highest BCUT2D eigenvalue weighted by molar-refractivity contribution is 6.31. The molecule has 0 aliphatic carbocycles. The van der Waals surface area contributed by atoms with Gasteiger partial charge in [0.2, 0.25) is 0 Å². The van der Waals surface area contributed by atoms with Gasteiger partial charge in [0.05, 0.1) is 18.9 Å². The number of halogens is 1. The summed E-state index contributed by atoms with van der Waals surface area (Å²) in [6.07, 6.45) is 0.274. The zero-order valence-electron chi connectivity index (χ0n) is 15.4. The average molecular weight is 385 g/mol. The predicted molar refractivity (Wildman–Crippen MR) is 105 cm³/mol. The Kier molecular flexibility index (Phi) is 7.39. The second-order valence-electron chi connectivity index (χ2n) is 6.21. The van der Waals surface area contributed by atoms with Gasteiger partial charge in [0.15, 0.2) is 6.61 Å². The Balaban J connectivity index is 2.00. The first-order chi connectivity index (χ1) is 12.9. The van der Waals surface area contributed by atoms with Crippen molar-refractivity contribution in [2.24, 2.45) is 0 Å². The number of nitriles is 1. The normalized spacial score (nSPS) is 10.1. The third kappa shape index (κ3) is 6.12. The van der Waals surface area contributed by atoms with E-state index in [2.05, 4.69) is 0 Å². The lowest BCUT2D eigenvalue weighted by molar-refractivity contribution is -0.147. The summed E-state index contributed by atoms with van der Waals surface area (Å²) in [5.74, 6) is -0.857. The first-order valence-corrected chi connectivity index (χ1v) is 8.93. The Morgan fingerprint density at radius 1 is 1.15 bits per heavy atom. The zero-order valence-corrected chi connectivity index (χ0v) is 16.1. The molecular formula is C21H21ClN2O3. The standard InChI is InChI=1S/C21H21ClN2O3/c1-15-4-6-17(7-5-15)13-21(26)27-14-20(25)24(11-3-10-23)18-8-9-19(22)16(2)12-18/h4-9,12H,3,11,13-14H2,1-2H3. The van der Waals surface area contributed by atoms with Gasteiger partial charge in [-0.05, 0) is 43.2 Å². The van der Waals surface area contributed by atoms with Gasteiger partial charge in [0, 0.05) is 17.3 Å². The van der Waals surface area contributed by atoms with Crippen LogP contribution in [-0.2, 0) is 20.7 Å². The van der Waals surface area contributed by atoms with Crippen LogP contribution in [0.25, 0.3) is 0 Å². The Morgan fingerprint density at radius 2 is 1.85 bits per heavy atom. The molecule has 0 radical (unpaired) electrons. The van der Waals surface area contributed by atoms with Crippen molar-refractivity contribution >= 4 is 29.2 Å².